The summed E-state index contributed by atoms with van der Waals surface area (Å²) >= 11 is 0. The Hall–Kier alpha value is -1.73. The first kappa shape index (κ1) is 15.7. The molecule has 0 unspecified atom stereocenters. The van der Waals surface area contributed by atoms with Gasteiger partial charge in [0.05, 0.1) is 17.8 Å². The van der Waals surface area contributed by atoms with E-state index in [2.05, 4.69) is 5.10 Å². The summed E-state index contributed by atoms with van der Waals surface area (Å²) in [5.41, 5.74) is -1.25. The molecule has 2 nitrogen and oxygen atoms in total. The van der Waals surface area contributed by atoms with E-state index in [-0.39, 0.29) is 12.6 Å². The number of hydrogen-bond donors (Lipinski definition) is 0. The summed E-state index contributed by atoms with van der Waals surface area (Å²) in [6, 6.07) is 1.65. The Morgan fingerprint density at radius 2 is 1.71 bits per heavy atom. The maximum absolute atomic E-state index is 12.9. The molecule has 0 saturated heterocycles. The average Bonchev–Trinajstić information content (AvgIpc) is 2.82. The number of rotatable bonds is 2. The fourth-order valence-electron chi connectivity index (χ4n) is 2.29. The van der Waals surface area contributed by atoms with Crippen molar-refractivity contribution in [2.75, 3.05) is 0 Å². The van der Waals surface area contributed by atoms with Crippen LogP contribution >= 0.6 is 0 Å². The van der Waals surface area contributed by atoms with E-state index in [0.29, 0.717) is 17.5 Å². The van der Waals surface area contributed by atoms with Gasteiger partial charge in [0.1, 0.15) is 0 Å². The SMILES string of the molecule is Cc1cc(C)n(C[C@@H]2C=C(C(F)(F)F)C=C2C(F)(F)F)n1. The van der Waals surface area contributed by atoms with Crippen LogP contribution in [0.1, 0.15) is 11.4 Å². The Kier molecular flexibility index (Phi) is 3.67. The molecule has 0 amide bonds. The van der Waals surface area contributed by atoms with Crippen molar-refractivity contribution in [3.8, 4) is 0 Å². The van der Waals surface area contributed by atoms with Crippen molar-refractivity contribution in [2.24, 2.45) is 5.92 Å². The second kappa shape index (κ2) is 4.92. The number of alkyl halides is 6. The largest absolute Gasteiger partial charge is 0.416 e. The monoisotopic (exact) mass is 310 g/mol. The van der Waals surface area contributed by atoms with Crippen LogP contribution in [-0.4, -0.2) is 22.1 Å². The van der Waals surface area contributed by atoms with Crippen LogP contribution in [0.2, 0.25) is 0 Å². The quantitative estimate of drug-likeness (QED) is 0.752. The lowest BCUT2D eigenvalue weighted by Gasteiger charge is -2.17. The molecular weight excluding hydrogens is 298 g/mol. The molecule has 1 aromatic heterocycles. The second-order valence-electron chi connectivity index (χ2n) is 4.93. The number of nitrogens with zero attached hydrogens (tertiary/aromatic N) is 2. The number of halogens is 6. The van der Waals surface area contributed by atoms with Crippen molar-refractivity contribution in [3.05, 3.63) is 40.8 Å². The lowest BCUT2D eigenvalue weighted by atomic mass is 10.0. The smallest absolute Gasteiger partial charge is 0.269 e. The molecule has 1 aliphatic rings. The minimum Gasteiger partial charge on any atom is -0.269 e. The molecule has 0 bridgehead atoms. The Labute approximate surface area is 116 Å². The highest BCUT2D eigenvalue weighted by molar-refractivity contribution is 5.40. The van der Waals surface area contributed by atoms with Gasteiger partial charge >= 0.3 is 12.4 Å². The van der Waals surface area contributed by atoms with E-state index in [1.807, 2.05) is 0 Å². The Morgan fingerprint density at radius 3 is 2.14 bits per heavy atom. The third-order valence-electron chi connectivity index (χ3n) is 3.22. The van der Waals surface area contributed by atoms with Crippen LogP contribution in [0, 0.1) is 19.8 Å². The summed E-state index contributed by atoms with van der Waals surface area (Å²) < 4.78 is 77.8. The fourth-order valence-corrected chi connectivity index (χ4v) is 2.29. The van der Waals surface area contributed by atoms with Gasteiger partial charge in [0.2, 0.25) is 0 Å². The van der Waals surface area contributed by atoms with Crippen LogP contribution in [0.3, 0.4) is 0 Å². The number of allylic oxidation sites excluding steroid dienone is 4. The van der Waals surface area contributed by atoms with Gasteiger partial charge in [0.25, 0.3) is 0 Å². The van der Waals surface area contributed by atoms with Gasteiger partial charge in [0.15, 0.2) is 0 Å². The van der Waals surface area contributed by atoms with Crippen molar-refractivity contribution >= 4 is 0 Å². The highest BCUT2D eigenvalue weighted by Gasteiger charge is 2.45. The third-order valence-corrected chi connectivity index (χ3v) is 3.22. The van der Waals surface area contributed by atoms with E-state index >= 15 is 0 Å². The van der Waals surface area contributed by atoms with Gasteiger partial charge in [0, 0.05) is 17.2 Å². The van der Waals surface area contributed by atoms with E-state index in [0.717, 1.165) is 0 Å². The van der Waals surface area contributed by atoms with E-state index in [9.17, 15) is 26.3 Å². The molecule has 21 heavy (non-hydrogen) atoms. The van der Waals surface area contributed by atoms with Crippen LogP contribution < -0.4 is 0 Å². The molecule has 0 N–H and O–H groups in total. The predicted molar refractivity (Wildman–Crippen MR) is 63.5 cm³/mol. The standard InChI is InChI=1S/C13H12F6N2/c1-7-3-8(2)21(20-7)6-9-4-10(12(14,15)16)5-11(9)13(17,18)19/h3-5,9H,6H2,1-2H3/t9-/m0/s1. The minimum absolute atomic E-state index is 0.177. The fraction of sp³-hybridized carbons (Fsp3) is 0.462. The molecule has 0 aliphatic heterocycles. The summed E-state index contributed by atoms with van der Waals surface area (Å²) in [6.07, 6.45) is -8.81. The van der Waals surface area contributed by atoms with Gasteiger partial charge in [-0.25, -0.2) is 0 Å². The molecule has 1 aromatic rings. The average molecular weight is 310 g/mol. The van der Waals surface area contributed by atoms with Crippen LogP contribution in [0.4, 0.5) is 26.3 Å². The van der Waals surface area contributed by atoms with Crippen LogP contribution in [-0.2, 0) is 6.54 Å². The highest BCUT2D eigenvalue weighted by Crippen LogP contribution is 2.42. The Morgan fingerprint density at radius 1 is 1.10 bits per heavy atom. The molecule has 2 rings (SSSR count). The molecule has 0 radical (unpaired) electrons. The second-order valence-corrected chi connectivity index (χ2v) is 4.93. The highest BCUT2D eigenvalue weighted by atomic mass is 19.4. The zero-order valence-electron chi connectivity index (χ0n) is 11.2. The van der Waals surface area contributed by atoms with Gasteiger partial charge in [-0.05, 0) is 26.0 Å². The number of aromatic nitrogens is 2. The molecule has 1 atom stereocenters. The zero-order valence-corrected chi connectivity index (χ0v) is 11.2. The molecule has 1 heterocycles. The first-order chi connectivity index (χ1) is 9.48. The predicted octanol–water partition coefficient (Wildman–Crippen LogP) is 4.11. The molecule has 8 heteroatoms. The molecule has 0 fully saturated rings. The normalized spacial score (nSPS) is 19.7. The Balaban J connectivity index is 2.34. The van der Waals surface area contributed by atoms with Crippen LogP contribution in [0.5, 0.6) is 0 Å². The summed E-state index contributed by atoms with van der Waals surface area (Å²) in [4.78, 5) is 0. The maximum atomic E-state index is 12.9. The Bertz CT molecular complexity index is 603. The molecule has 116 valence electrons. The van der Waals surface area contributed by atoms with Crippen molar-refractivity contribution in [1.82, 2.24) is 9.78 Å². The van der Waals surface area contributed by atoms with E-state index in [4.69, 9.17) is 0 Å². The van der Waals surface area contributed by atoms with Crippen LogP contribution in [0.25, 0.3) is 0 Å². The van der Waals surface area contributed by atoms with Crippen LogP contribution in [0.15, 0.2) is 29.4 Å². The topological polar surface area (TPSA) is 17.8 Å². The lowest BCUT2D eigenvalue weighted by Crippen LogP contribution is -2.21. The van der Waals surface area contributed by atoms with Gasteiger partial charge in [-0.1, -0.05) is 6.08 Å². The van der Waals surface area contributed by atoms with E-state index in [1.54, 1.807) is 19.9 Å². The first-order valence-corrected chi connectivity index (χ1v) is 6.07. The molecule has 0 aromatic carbocycles. The van der Waals surface area contributed by atoms with Gasteiger partial charge in [-0.15, -0.1) is 0 Å². The van der Waals surface area contributed by atoms with E-state index in [1.165, 1.54) is 4.68 Å². The van der Waals surface area contributed by atoms with Crippen molar-refractivity contribution in [2.45, 2.75) is 32.7 Å². The first-order valence-electron chi connectivity index (χ1n) is 6.07. The molecule has 1 aliphatic carbocycles. The molecular formula is C13H12F6N2. The zero-order chi connectivity index (χ0) is 16.0. The maximum Gasteiger partial charge on any atom is 0.416 e. The van der Waals surface area contributed by atoms with Gasteiger partial charge in [-0.3, -0.25) is 4.68 Å². The van der Waals surface area contributed by atoms with Crippen molar-refractivity contribution in [3.63, 3.8) is 0 Å². The summed E-state index contributed by atoms with van der Waals surface area (Å²) in [5.74, 6) is -1.39. The molecule has 0 saturated carbocycles. The minimum atomic E-state index is -4.80. The number of hydrogen-bond acceptors (Lipinski definition) is 1. The van der Waals surface area contributed by atoms with Crippen molar-refractivity contribution in [1.29, 1.82) is 0 Å². The molecule has 0 spiro atoms. The number of aryl methyl sites for hydroxylation is 2. The summed E-state index contributed by atoms with van der Waals surface area (Å²) in [5, 5.41) is 3.99. The van der Waals surface area contributed by atoms with E-state index < -0.39 is 29.4 Å². The summed E-state index contributed by atoms with van der Waals surface area (Å²) in [6.45, 7) is 3.03. The van der Waals surface area contributed by atoms with Gasteiger partial charge < -0.3 is 0 Å². The van der Waals surface area contributed by atoms with Gasteiger partial charge in [-0.2, -0.15) is 31.4 Å². The third kappa shape index (κ3) is 3.30. The van der Waals surface area contributed by atoms with Crippen molar-refractivity contribution < 1.29 is 26.3 Å². The summed E-state index contributed by atoms with van der Waals surface area (Å²) in [7, 11) is 0. The lowest BCUT2D eigenvalue weighted by molar-refractivity contribution is -0.0977.